The van der Waals surface area contributed by atoms with Crippen LogP contribution in [0, 0.1) is 0 Å². The van der Waals surface area contributed by atoms with E-state index < -0.39 is 0 Å². The molecular weight excluding hydrogens is 268 g/mol. The van der Waals surface area contributed by atoms with Gasteiger partial charge in [0.15, 0.2) is 0 Å². The van der Waals surface area contributed by atoms with Crippen LogP contribution >= 0.6 is 0 Å². The van der Waals surface area contributed by atoms with E-state index in [1.807, 2.05) is 6.07 Å². The summed E-state index contributed by atoms with van der Waals surface area (Å²) in [4.78, 5) is 14.8. The molecule has 6 nitrogen and oxygen atoms in total. The van der Waals surface area contributed by atoms with Crippen LogP contribution in [0.3, 0.4) is 0 Å². The van der Waals surface area contributed by atoms with Crippen LogP contribution in [0.25, 0.3) is 0 Å². The number of nitrogens with zero attached hydrogens (tertiary/aromatic N) is 1. The molecule has 0 bridgehead atoms. The molecule has 1 aromatic carbocycles. The molecule has 2 rings (SSSR count). The van der Waals surface area contributed by atoms with E-state index in [-0.39, 0.29) is 11.7 Å². The van der Waals surface area contributed by atoms with Crippen LogP contribution in [0.5, 0.6) is 5.75 Å². The summed E-state index contributed by atoms with van der Waals surface area (Å²) < 4.78 is 0. The SMILES string of the molecule is C[NH+]1CC[NH+](CCC(=O)N/N=C\c2cccc(O)c2)CC1. The number of rotatable bonds is 5. The Hall–Kier alpha value is -1.92. The number of carbonyl (C=O) groups is 1. The van der Waals surface area contributed by atoms with Gasteiger partial charge in [0.05, 0.1) is 26.2 Å². The monoisotopic (exact) mass is 292 g/mol. The highest BCUT2D eigenvalue weighted by Gasteiger charge is 2.20. The average molecular weight is 292 g/mol. The second kappa shape index (κ2) is 7.75. The molecule has 1 heterocycles. The first-order valence-electron chi connectivity index (χ1n) is 7.39. The van der Waals surface area contributed by atoms with Gasteiger partial charge in [-0.1, -0.05) is 12.1 Å². The Labute approximate surface area is 125 Å². The highest BCUT2D eigenvalue weighted by molar-refractivity contribution is 5.82. The van der Waals surface area contributed by atoms with Gasteiger partial charge in [-0.25, -0.2) is 5.43 Å². The maximum absolute atomic E-state index is 11.7. The van der Waals surface area contributed by atoms with Gasteiger partial charge in [0.1, 0.15) is 31.9 Å². The molecule has 0 aromatic heterocycles. The summed E-state index contributed by atoms with van der Waals surface area (Å²) >= 11 is 0. The molecule has 1 saturated heterocycles. The number of benzene rings is 1. The van der Waals surface area contributed by atoms with Gasteiger partial charge >= 0.3 is 0 Å². The zero-order valence-corrected chi connectivity index (χ0v) is 12.4. The molecule has 0 radical (unpaired) electrons. The zero-order chi connectivity index (χ0) is 15.1. The molecule has 1 aromatic rings. The standard InChI is InChI=1S/C15H22N4O2/c1-18-7-9-19(10-8-18)6-5-15(21)17-16-12-13-3-2-4-14(20)11-13/h2-4,11-12,20H,5-10H2,1H3,(H,17,21)/p+2/b16-12-. The summed E-state index contributed by atoms with van der Waals surface area (Å²) in [7, 11) is 2.21. The summed E-state index contributed by atoms with van der Waals surface area (Å²) in [6.07, 6.45) is 2.02. The molecule has 1 amide bonds. The molecule has 0 saturated carbocycles. The van der Waals surface area contributed by atoms with Crippen molar-refractivity contribution in [2.75, 3.05) is 39.8 Å². The Morgan fingerprint density at radius 3 is 2.86 bits per heavy atom. The van der Waals surface area contributed by atoms with Crippen molar-refractivity contribution < 1.29 is 19.7 Å². The second-order valence-electron chi connectivity index (χ2n) is 5.60. The van der Waals surface area contributed by atoms with Gasteiger partial charge in [-0.15, -0.1) is 0 Å². The quantitative estimate of drug-likeness (QED) is 0.362. The molecule has 1 aliphatic rings. The predicted octanol–water partition coefficient (Wildman–Crippen LogP) is -2.35. The van der Waals surface area contributed by atoms with E-state index >= 15 is 0 Å². The van der Waals surface area contributed by atoms with Crippen LogP contribution < -0.4 is 15.2 Å². The van der Waals surface area contributed by atoms with Gasteiger partial charge in [0, 0.05) is 0 Å². The van der Waals surface area contributed by atoms with Crippen molar-refractivity contribution in [3.63, 3.8) is 0 Å². The number of likely N-dealkylation sites (N-methyl/N-ethyl adjacent to an activating group) is 1. The number of hydrazone groups is 1. The minimum absolute atomic E-state index is 0.0646. The van der Waals surface area contributed by atoms with Crippen LogP contribution in [-0.4, -0.2) is 57.0 Å². The van der Waals surface area contributed by atoms with Crippen molar-refractivity contribution in [3.8, 4) is 5.75 Å². The average Bonchev–Trinajstić information content (AvgIpc) is 2.47. The number of piperazine rings is 1. The Balaban J connectivity index is 1.68. The lowest BCUT2D eigenvalue weighted by atomic mass is 10.2. The first kappa shape index (κ1) is 15.5. The van der Waals surface area contributed by atoms with Crippen LogP contribution in [0.4, 0.5) is 0 Å². The van der Waals surface area contributed by atoms with Crippen LogP contribution in [0.2, 0.25) is 0 Å². The summed E-state index contributed by atoms with van der Waals surface area (Å²) in [5.74, 6) is 0.122. The maximum atomic E-state index is 11.7. The Morgan fingerprint density at radius 1 is 1.38 bits per heavy atom. The summed E-state index contributed by atoms with van der Waals surface area (Å²) in [6, 6.07) is 6.73. The lowest BCUT2D eigenvalue weighted by Crippen LogP contribution is -3.27. The highest BCUT2D eigenvalue weighted by Crippen LogP contribution is 2.08. The lowest BCUT2D eigenvalue weighted by molar-refractivity contribution is -1.00. The number of nitrogens with one attached hydrogen (secondary N) is 3. The Kier molecular flexibility index (Phi) is 5.71. The first-order chi connectivity index (χ1) is 10.1. The lowest BCUT2D eigenvalue weighted by Gasteiger charge is -2.26. The van der Waals surface area contributed by atoms with Gasteiger partial charge in [0.25, 0.3) is 0 Å². The summed E-state index contributed by atoms with van der Waals surface area (Å²) in [5.41, 5.74) is 3.28. The topological polar surface area (TPSA) is 70.6 Å². The Morgan fingerprint density at radius 2 is 2.14 bits per heavy atom. The van der Waals surface area contributed by atoms with E-state index in [0.29, 0.717) is 6.42 Å². The molecule has 1 fully saturated rings. The number of hydrogen-bond acceptors (Lipinski definition) is 3. The van der Waals surface area contributed by atoms with Crippen molar-refractivity contribution in [1.29, 1.82) is 0 Å². The van der Waals surface area contributed by atoms with Gasteiger partial charge in [-0.05, 0) is 17.7 Å². The number of hydrogen-bond donors (Lipinski definition) is 4. The summed E-state index contributed by atoms with van der Waals surface area (Å²) in [6.45, 7) is 5.47. The van der Waals surface area contributed by atoms with Crippen LogP contribution in [-0.2, 0) is 4.79 Å². The van der Waals surface area contributed by atoms with Crippen molar-refractivity contribution in [1.82, 2.24) is 5.43 Å². The number of aromatic hydroxyl groups is 1. The molecule has 0 atom stereocenters. The van der Waals surface area contributed by atoms with Crippen molar-refractivity contribution in [2.24, 2.45) is 5.10 Å². The van der Waals surface area contributed by atoms with Crippen molar-refractivity contribution in [3.05, 3.63) is 29.8 Å². The number of quaternary nitrogens is 2. The number of amides is 1. The number of phenolic OH excluding ortho intramolecular Hbond substituents is 1. The molecule has 6 heteroatoms. The fourth-order valence-corrected chi connectivity index (χ4v) is 2.41. The molecule has 0 unspecified atom stereocenters. The molecular formula is C15H24N4O2+2. The van der Waals surface area contributed by atoms with Gasteiger partial charge < -0.3 is 14.9 Å². The van der Waals surface area contributed by atoms with Crippen molar-refractivity contribution >= 4 is 12.1 Å². The molecule has 4 N–H and O–H groups in total. The minimum atomic E-state index is -0.0646. The van der Waals surface area contributed by atoms with Gasteiger partial charge in [-0.3, -0.25) is 4.79 Å². The maximum Gasteiger partial charge on any atom is 0.245 e. The number of carbonyl (C=O) groups excluding carboxylic acids is 1. The van der Waals surface area contributed by atoms with E-state index in [2.05, 4.69) is 17.6 Å². The molecule has 0 spiro atoms. The fraction of sp³-hybridized carbons (Fsp3) is 0.467. The molecule has 21 heavy (non-hydrogen) atoms. The smallest absolute Gasteiger partial charge is 0.245 e. The number of phenols is 1. The zero-order valence-electron chi connectivity index (χ0n) is 12.4. The van der Waals surface area contributed by atoms with Gasteiger partial charge in [-0.2, -0.15) is 5.10 Å². The van der Waals surface area contributed by atoms with Crippen LogP contribution in [0.1, 0.15) is 12.0 Å². The highest BCUT2D eigenvalue weighted by atomic mass is 16.3. The third kappa shape index (κ3) is 5.53. The van der Waals surface area contributed by atoms with Crippen molar-refractivity contribution in [2.45, 2.75) is 6.42 Å². The van der Waals surface area contributed by atoms with Gasteiger partial charge in [0.2, 0.25) is 5.91 Å². The Bertz CT molecular complexity index is 496. The summed E-state index contributed by atoms with van der Waals surface area (Å²) in [5, 5.41) is 13.2. The third-order valence-corrected chi connectivity index (χ3v) is 3.79. The van der Waals surface area contributed by atoms with E-state index in [1.165, 1.54) is 24.2 Å². The van der Waals surface area contributed by atoms with E-state index in [4.69, 9.17) is 0 Å². The molecule has 1 aliphatic heterocycles. The van der Waals surface area contributed by atoms with E-state index in [0.717, 1.165) is 25.2 Å². The van der Waals surface area contributed by atoms with Crippen LogP contribution in [0.15, 0.2) is 29.4 Å². The largest absolute Gasteiger partial charge is 0.508 e. The van der Waals surface area contributed by atoms with E-state index in [9.17, 15) is 9.90 Å². The molecule has 114 valence electrons. The van der Waals surface area contributed by atoms with E-state index in [1.54, 1.807) is 23.1 Å². The first-order valence-corrected chi connectivity index (χ1v) is 7.39. The minimum Gasteiger partial charge on any atom is -0.508 e. The fourth-order valence-electron chi connectivity index (χ4n) is 2.41. The normalized spacial score (nSPS) is 22.3. The molecule has 0 aliphatic carbocycles. The third-order valence-electron chi connectivity index (χ3n) is 3.79. The predicted molar refractivity (Wildman–Crippen MR) is 80.6 cm³/mol. The second-order valence-corrected chi connectivity index (χ2v) is 5.60.